The number of benzene rings is 4. The van der Waals surface area contributed by atoms with Crippen LogP contribution in [-0.4, -0.2) is 0 Å². The highest BCUT2D eigenvalue weighted by molar-refractivity contribution is 9.10. The van der Waals surface area contributed by atoms with Gasteiger partial charge in [0.25, 0.3) is 0 Å². The molecule has 4 aromatic carbocycles. The highest BCUT2D eigenvalue weighted by Crippen LogP contribution is 2.33. The quantitative estimate of drug-likeness (QED) is 0.352. The second-order valence-electron chi connectivity index (χ2n) is 5.21. The molecule has 0 fully saturated rings. The predicted molar refractivity (Wildman–Crippen MR) is 94.6 cm³/mol. The van der Waals surface area contributed by atoms with Crippen LogP contribution in [-0.2, 0) is 0 Å². The minimum Gasteiger partial charge on any atom is -0.0622 e. The first-order valence-corrected chi connectivity index (χ1v) is 7.79. The summed E-state index contributed by atoms with van der Waals surface area (Å²) in [5.74, 6) is 0. The van der Waals surface area contributed by atoms with Crippen molar-refractivity contribution in [1.82, 2.24) is 0 Å². The molecule has 4 rings (SSSR count). The van der Waals surface area contributed by atoms with Gasteiger partial charge in [0.1, 0.15) is 0 Å². The summed E-state index contributed by atoms with van der Waals surface area (Å²) in [5.41, 5.74) is 2.51. The molecule has 0 N–H and O–H groups in total. The Morgan fingerprint density at radius 1 is 0.571 bits per heavy atom. The molecule has 0 aromatic heterocycles. The fraction of sp³-hybridized carbons (Fsp3) is 0. The third kappa shape index (κ3) is 2.14. The zero-order valence-corrected chi connectivity index (χ0v) is 13.0. The van der Waals surface area contributed by atoms with Crippen molar-refractivity contribution in [3.63, 3.8) is 0 Å². The Labute approximate surface area is 132 Å². The molecule has 0 atom stereocenters. The van der Waals surface area contributed by atoms with Crippen LogP contribution in [0.3, 0.4) is 0 Å². The minimum atomic E-state index is 1.15. The lowest BCUT2D eigenvalue weighted by Crippen LogP contribution is -1.82. The van der Waals surface area contributed by atoms with Crippen molar-refractivity contribution in [2.45, 2.75) is 0 Å². The largest absolute Gasteiger partial charge is 0.0622 e. The van der Waals surface area contributed by atoms with Crippen LogP contribution in [0, 0.1) is 0 Å². The summed E-state index contributed by atoms with van der Waals surface area (Å²) in [6.07, 6.45) is 0. The van der Waals surface area contributed by atoms with Crippen LogP contribution < -0.4 is 0 Å². The molecular formula is C20H13Br. The summed E-state index contributed by atoms with van der Waals surface area (Å²) in [6, 6.07) is 27.9. The smallest absolute Gasteiger partial charge is 0.0259 e. The number of hydrogen-bond donors (Lipinski definition) is 0. The maximum absolute atomic E-state index is 3.68. The zero-order chi connectivity index (χ0) is 14.2. The predicted octanol–water partition coefficient (Wildman–Crippen LogP) is 6.42. The van der Waals surface area contributed by atoms with E-state index >= 15 is 0 Å². The van der Waals surface area contributed by atoms with E-state index in [2.05, 4.69) is 94.8 Å². The van der Waals surface area contributed by atoms with Gasteiger partial charge in [-0.1, -0.05) is 82.7 Å². The maximum atomic E-state index is 3.68. The Bertz CT molecular complexity index is 940. The van der Waals surface area contributed by atoms with Crippen LogP contribution in [0.4, 0.5) is 0 Å². The van der Waals surface area contributed by atoms with Crippen molar-refractivity contribution in [3.8, 4) is 11.1 Å². The molecule has 0 bridgehead atoms. The summed E-state index contributed by atoms with van der Waals surface area (Å²) < 4.78 is 1.15. The van der Waals surface area contributed by atoms with Crippen LogP contribution in [0.25, 0.3) is 32.7 Å². The number of fused-ring (bicyclic) bond motifs is 3. The van der Waals surface area contributed by atoms with E-state index in [4.69, 9.17) is 0 Å². The van der Waals surface area contributed by atoms with E-state index in [-0.39, 0.29) is 0 Å². The molecule has 100 valence electrons. The molecule has 0 spiro atoms. The van der Waals surface area contributed by atoms with Gasteiger partial charge in [-0.3, -0.25) is 0 Å². The molecule has 0 saturated heterocycles. The molecule has 0 aliphatic heterocycles. The van der Waals surface area contributed by atoms with Crippen LogP contribution in [0.1, 0.15) is 0 Å². The van der Waals surface area contributed by atoms with Gasteiger partial charge in [-0.15, -0.1) is 0 Å². The van der Waals surface area contributed by atoms with Crippen molar-refractivity contribution in [2.24, 2.45) is 0 Å². The van der Waals surface area contributed by atoms with Crippen molar-refractivity contribution in [2.75, 3.05) is 0 Å². The fourth-order valence-corrected chi connectivity index (χ4v) is 3.48. The molecule has 0 heterocycles. The topological polar surface area (TPSA) is 0 Å². The highest BCUT2D eigenvalue weighted by Gasteiger charge is 2.05. The molecule has 1 heteroatoms. The number of halogens is 1. The van der Waals surface area contributed by atoms with Gasteiger partial charge in [0.15, 0.2) is 0 Å². The summed E-state index contributed by atoms with van der Waals surface area (Å²) in [6.45, 7) is 0. The first-order chi connectivity index (χ1) is 10.3. The lowest BCUT2D eigenvalue weighted by molar-refractivity contribution is 1.65. The van der Waals surface area contributed by atoms with Gasteiger partial charge >= 0.3 is 0 Å². The van der Waals surface area contributed by atoms with Gasteiger partial charge in [-0.05, 0) is 39.4 Å². The Hall–Kier alpha value is -2.12. The maximum Gasteiger partial charge on any atom is 0.0259 e. The lowest BCUT2D eigenvalue weighted by Gasteiger charge is -2.08. The van der Waals surface area contributed by atoms with Crippen LogP contribution >= 0.6 is 15.9 Å². The third-order valence-electron chi connectivity index (χ3n) is 3.92. The Kier molecular flexibility index (Phi) is 3.01. The average molecular weight is 333 g/mol. The van der Waals surface area contributed by atoms with Crippen molar-refractivity contribution >= 4 is 37.5 Å². The van der Waals surface area contributed by atoms with Gasteiger partial charge in [0, 0.05) is 9.86 Å². The molecule has 0 saturated carbocycles. The molecule has 0 nitrogen and oxygen atoms in total. The van der Waals surface area contributed by atoms with Gasteiger partial charge in [-0.2, -0.15) is 0 Å². The van der Waals surface area contributed by atoms with Crippen molar-refractivity contribution < 1.29 is 0 Å². The van der Waals surface area contributed by atoms with E-state index in [0.29, 0.717) is 0 Å². The van der Waals surface area contributed by atoms with Crippen LogP contribution in [0.15, 0.2) is 83.3 Å². The van der Waals surface area contributed by atoms with Crippen LogP contribution in [0.2, 0.25) is 0 Å². The molecule has 4 aromatic rings. The van der Waals surface area contributed by atoms with Crippen LogP contribution in [0.5, 0.6) is 0 Å². The summed E-state index contributed by atoms with van der Waals surface area (Å²) in [7, 11) is 0. The highest BCUT2D eigenvalue weighted by atomic mass is 79.9. The second-order valence-corrected chi connectivity index (χ2v) is 6.06. The molecule has 0 aliphatic carbocycles. The van der Waals surface area contributed by atoms with Gasteiger partial charge in [0.05, 0.1) is 0 Å². The standard InChI is InChI=1S/C20H13Br/c21-19-8-4-7-15-9-10-17-13-16(11-12-18(17)20(15)19)14-5-2-1-3-6-14/h1-13H. The Morgan fingerprint density at radius 3 is 2.24 bits per heavy atom. The van der Waals surface area contributed by atoms with E-state index in [9.17, 15) is 0 Å². The molecular weight excluding hydrogens is 320 g/mol. The first-order valence-electron chi connectivity index (χ1n) is 6.99. The Balaban J connectivity index is 2.02. The molecule has 0 radical (unpaired) electrons. The normalized spacial score (nSPS) is 11.1. The molecule has 21 heavy (non-hydrogen) atoms. The summed E-state index contributed by atoms with van der Waals surface area (Å²) in [4.78, 5) is 0. The van der Waals surface area contributed by atoms with E-state index < -0.39 is 0 Å². The molecule has 0 amide bonds. The lowest BCUT2D eigenvalue weighted by atomic mass is 9.97. The minimum absolute atomic E-state index is 1.15. The summed E-state index contributed by atoms with van der Waals surface area (Å²) in [5, 5.41) is 5.12. The third-order valence-corrected chi connectivity index (χ3v) is 4.58. The van der Waals surface area contributed by atoms with Gasteiger partial charge in [0.2, 0.25) is 0 Å². The number of rotatable bonds is 1. The van der Waals surface area contributed by atoms with Crippen molar-refractivity contribution in [1.29, 1.82) is 0 Å². The fourth-order valence-electron chi connectivity index (χ4n) is 2.88. The van der Waals surface area contributed by atoms with Gasteiger partial charge < -0.3 is 0 Å². The zero-order valence-electron chi connectivity index (χ0n) is 11.4. The molecule has 0 unspecified atom stereocenters. The average Bonchev–Trinajstić information content (AvgIpc) is 2.55. The van der Waals surface area contributed by atoms with E-state index in [1.165, 1.54) is 32.7 Å². The second kappa shape index (κ2) is 5.01. The van der Waals surface area contributed by atoms with Crippen molar-refractivity contribution in [3.05, 3.63) is 83.3 Å². The van der Waals surface area contributed by atoms with E-state index in [1.807, 2.05) is 0 Å². The SMILES string of the molecule is Brc1cccc2ccc3cc(-c4ccccc4)ccc3c12. The van der Waals surface area contributed by atoms with E-state index in [1.54, 1.807) is 0 Å². The van der Waals surface area contributed by atoms with E-state index in [0.717, 1.165) is 4.47 Å². The Morgan fingerprint density at radius 2 is 1.38 bits per heavy atom. The summed E-state index contributed by atoms with van der Waals surface area (Å²) >= 11 is 3.68. The number of hydrogen-bond acceptors (Lipinski definition) is 0. The van der Waals surface area contributed by atoms with Gasteiger partial charge in [-0.25, -0.2) is 0 Å². The first kappa shape index (κ1) is 12.6. The molecule has 0 aliphatic rings. The monoisotopic (exact) mass is 332 g/mol.